The van der Waals surface area contributed by atoms with E-state index in [0.29, 0.717) is 6.54 Å². The third-order valence-corrected chi connectivity index (χ3v) is 4.88. The van der Waals surface area contributed by atoms with E-state index in [1.165, 1.54) is 11.1 Å². The Bertz CT molecular complexity index is 611. The van der Waals surface area contributed by atoms with Crippen LogP contribution < -0.4 is 26.7 Å². The lowest BCUT2D eigenvalue weighted by Crippen LogP contribution is -2.68. The van der Waals surface area contributed by atoms with E-state index < -0.39 is 0 Å². The first-order chi connectivity index (χ1) is 12.1. The summed E-state index contributed by atoms with van der Waals surface area (Å²) in [4.78, 5) is 14.4. The Hall–Kier alpha value is -1.71. The number of carbonyl (C=O) groups is 1. The minimum Gasteiger partial charge on any atom is -0.315 e. The number of anilines is 1. The van der Waals surface area contributed by atoms with E-state index in [-0.39, 0.29) is 24.5 Å². The highest BCUT2D eigenvalue weighted by molar-refractivity contribution is 5.89. The van der Waals surface area contributed by atoms with Crippen molar-refractivity contribution in [2.24, 2.45) is 0 Å². The maximum absolute atomic E-state index is 12.4. The summed E-state index contributed by atoms with van der Waals surface area (Å²) in [5.41, 5.74) is 5.69. The monoisotopic (exact) mass is 348 g/mol. The van der Waals surface area contributed by atoms with Crippen LogP contribution in [0.15, 0.2) is 18.2 Å². The number of rotatable bonds is 4. The van der Waals surface area contributed by atoms with Crippen LogP contribution in [0.4, 0.5) is 10.5 Å². The second kappa shape index (κ2) is 8.11. The summed E-state index contributed by atoms with van der Waals surface area (Å²) in [7, 11) is 0. The summed E-state index contributed by atoms with van der Waals surface area (Å²) in [6, 6.07) is 5.94. The Labute approximate surface area is 148 Å². The lowest BCUT2D eigenvalue weighted by atomic mass is 10.0. The van der Waals surface area contributed by atoms with Crippen molar-refractivity contribution >= 4 is 11.7 Å². The molecule has 3 rings (SSSR count). The molecule has 1 saturated heterocycles. The molecule has 8 heteroatoms. The van der Waals surface area contributed by atoms with Crippen LogP contribution in [0.1, 0.15) is 31.4 Å². The number of fused-ring (bicyclic) bond motifs is 1. The van der Waals surface area contributed by atoms with Crippen LogP contribution in [0.25, 0.3) is 0 Å². The van der Waals surface area contributed by atoms with Crippen molar-refractivity contribution in [1.29, 1.82) is 0 Å². The fourth-order valence-electron chi connectivity index (χ4n) is 3.58. The highest BCUT2D eigenvalue weighted by atomic mass is 16.5. The van der Waals surface area contributed by atoms with Gasteiger partial charge in [0.25, 0.3) is 0 Å². The van der Waals surface area contributed by atoms with Gasteiger partial charge in [0.05, 0.1) is 6.17 Å². The van der Waals surface area contributed by atoms with Gasteiger partial charge in [0.1, 0.15) is 6.29 Å². The summed E-state index contributed by atoms with van der Waals surface area (Å²) >= 11 is 0. The summed E-state index contributed by atoms with van der Waals surface area (Å²) in [5, 5.41) is 21.9. The van der Waals surface area contributed by atoms with Crippen molar-refractivity contribution in [3.8, 4) is 0 Å². The molecular weight excluding hydrogens is 320 g/mol. The Morgan fingerprint density at radius 2 is 2.24 bits per heavy atom. The second-order valence-electron chi connectivity index (χ2n) is 6.69. The van der Waals surface area contributed by atoms with Gasteiger partial charge in [-0.05, 0) is 49.6 Å². The zero-order chi connectivity index (χ0) is 17.8. The first kappa shape index (κ1) is 18.1. The summed E-state index contributed by atoms with van der Waals surface area (Å²) in [6.45, 7) is 6.56. The molecular formula is C17H28N6O2. The molecule has 1 fully saturated rings. The van der Waals surface area contributed by atoms with Crippen LogP contribution in [0.2, 0.25) is 0 Å². The molecule has 2 amide bonds. The molecule has 0 aliphatic carbocycles. The van der Waals surface area contributed by atoms with Gasteiger partial charge in [0.15, 0.2) is 0 Å². The minimum atomic E-state index is -0.347. The summed E-state index contributed by atoms with van der Waals surface area (Å²) in [5.74, 6) is 0. The largest absolute Gasteiger partial charge is 0.321 e. The van der Waals surface area contributed by atoms with Crippen molar-refractivity contribution in [2.75, 3.05) is 18.4 Å². The molecule has 8 nitrogen and oxygen atoms in total. The summed E-state index contributed by atoms with van der Waals surface area (Å²) < 4.78 is 0. The van der Waals surface area contributed by atoms with Gasteiger partial charge in [0.2, 0.25) is 0 Å². The number of urea groups is 1. The number of amides is 2. The van der Waals surface area contributed by atoms with E-state index in [1.54, 1.807) is 0 Å². The van der Waals surface area contributed by atoms with Crippen LogP contribution >= 0.6 is 0 Å². The molecule has 2 heterocycles. The van der Waals surface area contributed by atoms with Gasteiger partial charge in [-0.25, -0.2) is 4.79 Å². The van der Waals surface area contributed by atoms with E-state index in [1.807, 2.05) is 30.9 Å². The fourth-order valence-corrected chi connectivity index (χ4v) is 3.58. The van der Waals surface area contributed by atoms with E-state index in [2.05, 4.69) is 32.8 Å². The topological polar surface area (TPSA) is 101 Å². The number of nitrogens with one attached hydrogen (secondary N) is 5. The molecule has 0 saturated carbocycles. The van der Waals surface area contributed by atoms with Crippen molar-refractivity contribution in [1.82, 2.24) is 26.3 Å². The zero-order valence-corrected chi connectivity index (χ0v) is 14.8. The maximum Gasteiger partial charge on any atom is 0.321 e. The standard InChI is InChI=1S/C17H28N6O2/c1-3-23-15(22-25)8-11(2)19-16(23)21-17(24)20-14-5-4-13-10-18-7-6-12(13)9-14/h4-5,9,11,15-16,18-19,22,25H,3,6-8,10H2,1-2H3,(H2,20,21,24). The van der Waals surface area contributed by atoms with Gasteiger partial charge in [-0.15, -0.1) is 0 Å². The van der Waals surface area contributed by atoms with Crippen LogP contribution in [0.5, 0.6) is 0 Å². The molecule has 1 aromatic rings. The molecule has 3 atom stereocenters. The van der Waals surface area contributed by atoms with Crippen LogP contribution in [0.3, 0.4) is 0 Å². The van der Waals surface area contributed by atoms with E-state index in [9.17, 15) is 10.0 Å². The molecule has 138 valence electrons. The fraction of sp³-hybridized carbons (Fsp3) is 0.588. The molecule has 0 spiro atoms. The third kappa shape index (κ3) is 4.28. The molecule has 0 aromatic heterocycles. The first-order valence-corrected chi connectivity index (χ1v) is 8.92. The summed E-state index contributed by atoms with van der Waals surface area (Å²) in [6.07, 6.45) is 1.19. The van der Waals surface area contributed by atoms with Gasteiger partial charge in [-0.2, -0.15) is 5.48 Å². The highest BCUT2D eigenvalue weighted by Crippen LogP contribution is 2.19. The number of carbonyl (C=O) groups excluding carboxylic acids is 1. The van der Waals surface area contributed by atoms with Crippen molar-refractivity contribution in [3.63, 3.8) is 0 Å². The average molecular weight is 348 g/mol. The van der Waals surface area contributed by atoms with Crippen molar-refractivity contribution in [2.45, 2.75) is 51.7 Å². The third-order valence-electron chi connectivity index (χ3n) is 4.88. The SMILES string of the molecule is CCN1C(NO)CC(C)NC1NC(=O)Nc1ccc2c(c1)CCNC2. The van der Waals surface area contributed by atoms with E-state index in [0.717, 1.165) is 31.6 Å². The van der Waals surface area contributed by atoms with Gasteiger partial charge in [-0.3, -0.25) is 10.2 Å². The maximum atomic E-state index is 12.4. The highest BCUT2D eigenvalue weighted by Gasteiger charge is 2.33. The molecule has 6 N–H and O–H groups in total. The number of hydroxylamine groups is 1. The lowest BCUT2D eigenvalue weighted by molar-refractivity contribution is -0.0396. The van der Waals surface area contributed by atoms with Crippen LogP contribution in [0, 0.1) is 0 Å². The Balaban J connectivity index is 1.63. The minimum absolute atomic E-state index is 0.175. The number of hydrogen-bond donors (Lipinski definition) is 6. The lowest BCUT2D eigenvalue weighted by Gasteiger charge is -2.44. The molecule has 1 aromatic carbocycles. The number of hydrogen-bond acceptors (Lipinski definition) is 6. The quantitative estimate of drug-likeness (QED) is 0.449. The molecule has 0 bridgehead atoms. The van der Waals surface area contributed by atoms with Gasteiger partial charge < -0.3 is 21.2 Å². The Morgan fingerprint density at radius 3 is 3.00 bits per heavy atom. The Morgan fingerprint density at radius 1 is 1.40 bits per heavy atom. The first-order valence-electron chi connectivity index (χ1n) is 8.92. The average Bonchev–Trinajstić information content (AvgIpc) is 2.61. The normalized spacial score (nSPS) is 26.8. The second-order valence-corrected chi connectivity index (χ2v) is 6.69. The van der Waals surface area contributed by atoms with Gasteiger partial charge in [-0.1, -0.05) is 13.0 Å². The smallest absolute Gasteiger partial charge is 0.315 e. The zero-order valence-electron chi connectivity index (χ0n) is 14.8. The number of benzene rings is 1. The molecule has 3 unspecified atom stereocenters. The van der Waals surface area contributed by atoms with E-state index in [4.69, 9.17) is 0 Å². The van der Waals surface area contributed by atoms with Gasteiger partial charge in [0, 0.05) is 24.8 Å². The number of nitrogens with zero attached hydrogens (tertiary/aromatic N) is 1. The Kier molecular flexibility index (Phi) is 5.87. The molecule has 2 aliphatic rings. The molecule has 25 heavy (non-hydrogen) atoms. The van der Waals surface area contributed by atoms with Crippen LogP contribution in [-0.2, 0) is 13.0 Å². The van der Waals surface area contributed by atoms with Crippen molar-refractivity contribution < 1.29 is 10.0 Å². The molecule has 0 radical (unpaired) electrons. The predicted octanol–water partition coefficient (Wildman–Crippen LogP) is 0.746. The van der Waals surface area contributed by atoms with Crippen molar-refractivity contribution in [3.05, 3.63) is 29.3 Å². The molecule has 2 aliphatic heterocycles. The van der Waals surface area contributed by atoms with Gasteiger partial charge >= 0.3 is 6.03 Å². The van der Waals surface area contributed by atoms with Crippen LogP contribution in [-0.4, -0.2) is 47.7 Å². The predicted molar refractivity (Wildman–Crippen MR) is 96.1 cm³/mol. The van der Waals surface area contributed by atoms with E-state index >= 15 is 0 Å².